The largest absolute Gasteiger partial charge is 0.338 e. The number of nitrogens with zero attached hydrogens (tertiary/aromatic N) is 2. The lowest BCUT2D eigenvalue weighted by Crippen LogP contribution is -2.34. The third-order valence-corrected chi connectivity index (χ3v) is 4.93. The molecule has 1 aromatic rings. The predicted molar refractivity (Wildman–Crippen MR) is 95.4 cm³/mol. The maximum Gasteiger partial charge on any atom is 0.253 e. The lowest BCUT2D eigenvalue weighted by Gasteiger charge is -2.23. The van der Waals surface area contributed by atoms with E-state index < -0.39 is 0 Å². The molecule has 128 valence electrons. The number of hydrogen-bond acceptors (Lipinski definition) is 3. The summed E-state index contributed by atoms with van der Waals surface area (Å²) in [4.78, 5) is 17.0. The quantitative estimate of drug-likeness (QED) is 0.841. The highest BCUT2D eigenvalue weighted by molar-refractivity contribution is 5.94. The maximum absolute atomic E-state index is 12.6. The van der Waals surface area contributed by atoms with Crippen LogP contribution in [0, 0.1) is 5.41 Å². The molecule has 1 aromatic carbocycles. The first kappa shape index (κ1) is 18.0. The van der Waals surface area contributed by atoms with E-state index in [2.05, 4.69) is 37.8 Å². The topological polar surface area (TPSA) is 49.6 Å². The van der Waals surface area contributed by atoms with Gasteiger partial charge in [0.25, 0.3) is 5.91 Å². The second kappa shape index (κ2) is 7.93. The van der Waals surface area contributed by atoms with Gasteiger partial charge in [0.1, 0.15) is 0 Å². The molecule has 1 aliphatic heterocycles. The molecule has 0 radical (unpaired) electrons. The molecule has 2 N–H and O–H groups in total. The Labute approximate surface area is 140 Å². The fourth-order valence-corrected chi connectivity index (χ4v) is 3.22. The van der Waals surface area contributed by atoms with Crippen molar-refractivity contribution in [2.75, 3.05) is 32.7 Å². The van der Waals surface area contributed by atoms with E-state index in [9.17, 15) is 4.79 Å². The molecular formula is C19H31N3O. The molecule has 0 bridgehead atoms. The fraction of sp³-hybridized carbons (Fsp3) is 0.632. The molecule has 0 saturated carbocycles. The van der Waals surface area contributed by atoms with Crippen LogP contribution in [0.3, 0.4) is 0 Å². The standard InChI is InChI=1S/C19H31N3O/c1-4-11-21(5-2)13-16-6-8-17(9-7-16)18(23)22-12-10-19(3,14-20)15-22/h6-9H,4-5,10-15,20H2,1-3H3. The number of benzene rings is 1. The van der Waals surface area contributed by atoms with Crippen molar-refractivity contribution in [3.8, 4) is 0 Å². The van der Waals surface area contributed by atoms with Gasteiger partial charge in [0.05, 0.1) is 0 Å². The van der Waals surface area contributed by atoms with Gasteiger partial charge in [-0.1, -0.05) is 32.9 Å². The van der Waals surface area contributed by atoms with Crippen molar-refractivity contribution < 1.29 is 4.79 Å². The Balaban J connectivity index is 1.98. The van der Waals surface area contributed by atoms with Crippen LogP contribution in [0.2, 0.25) is 0 Å². The molecule has 1 saturated heterocycles. The summed E-state index contributed by atoms with van der Waals surface area (Å²) in [6, 6.07) is 8.11. The molecule has 0 aliphatic carbocycles. The lowest BCUT2D eigenvalue weighted by molar-refractivity contribution is 0.0777. The van der Waals surface area contributed by atoms with Gasteiger partial charge in [-0.2, -0.15) is 0 Å². The highest BCUT2D eigenvalue weighted by atomic mass is 16.2. The number of hydrogen-bond donors (Lipinski definition) is 1. The molecule has 1 unspecified atom stereocenters. The minimum atomic E-state index is 0.0807. The molecule has 1 amide bonds. The Kier molecular flexibility index (Phi) is 6.19. The monoisotopic (exact) mass is 317 g/mol. The maximum atomic E-state index is 12.6. The van der Waals surface area contributed by atoms with Gasteiger partial charge in [0.2, 0.25) is 0 Å². The van der Waals surface area contributed by atoms with Gasteiger partial charge in [0, 0.05) is 25.2 Å². The zero-order valence-corrected chi connectivity index (χ0v) is 14.8. The number of amides is 1. The van der Waals surface area contributed by atoms with Gasteiger partial charge in [-0.05, 0) is 55.6 Å². The van der Waals surface area contributed by atoms with Crippen LogP contribution < -0.4 is 5.73 Å². The number of carbonyl (C=O) groups is 1. The number of carbonyl (C=O) groups excluding carboxylic acids is 1. The van der Waals surface area contributed by atoms with Crippen LogP contribution in [-0.2, 0) is 6.54 Å². The first-order chi connectivity index (χ1) is 11.0. The lowest BCUT2D eigenvalue weighted by atomic mass is 9.90. The van der Waals surface area contributed by atoms with Gasteiger partial charge < -0.3 is 10.6 Å². The Morgan fingerprint density at radius 1 is 1.30 bits per heavy atom. The average molecular weight is 317 g/mol. The van der Waals surface area contributed by atoms with Crippen LogP contribution in [0.4, 0.5) is 0 Å². The van der Waals surface area contributed by atoms with Gasteiger partial charge in [-0.15, -0.1) is 0 Å². The van der Waals surface area contributed by atoms with E-state index in [0.717, 1.165) is 44.7 Å². The van der Waals surface area contributed by atoms with Crippen LogP contribution in [0.25, 0.3) is 0 Å². The SMILES string of the molecule is CCCN(CC)Cc1ccc(C(=O)N2CCC(C)(CN)C2)cc1. The summed E-state index contributed by atoms with van der Waals surface area (Å²) >= 11 is 0. The summed E-state index contributed by atoms with van der Waals surface area (Å²) in [5.74, 6) is 0.134. The van der Waals surface area contributed by atoms with Crippen LogP contribution in [0.5, 0.6) is 0 Å². The first-order valence-corrected chi connectivity index (χ1v) is 8.82. The third kappa shape index (κ3) is 4.55. The van der Waals surface area contributed by atoms with Crippen LogP contribution in [-0.4, -0.2) is 48.4 Å². The predicted octanol–water partition coefficient (Wildman–Crippen LogP) is 2.73. The van der Waals surface area contributed by atoms with E-state index in [1.165, 1.54) is 12.0 Å². The molecule has 1 heterocycles. The third-order valence-electron chi connectivity index (χ3n) is 4.93. The zero-order valence-electron chi connectivity index (χ0n) is 14.8. The van der Waals surface area contributed by atoms with Gasteiger partial charge in [0.15, 0.2) is 0 Å². The summed E-state index contributed by atoms with van der Waals surface area (Å²) in [6.45, 7) is 11.9. The molecule has 2 rings (SSSR count). The second-order valence-electron chi connectivity index (χ2n) is 7.06. The Morgan fingerprint density at radius 2 is 2.00 bits per heavy atom. The summed E-state index contributed by atoms with van der Waals surface area (Å²) in [5, 5.41) is 0. The van der Waals surface area contributed by atoms with E-state index >= 15 is 0 Å². The minimum absolute atomic E-state index is 0.0807. The van der Waals surface area contributed by atoms with E-state index in [1.54, 1.807) is 0 Å². The minimum Gasteiger partial charge on any atom is -0.338 e. The smallest absolute Gasteiger partial charge is 0.253 e. The molecule has 1 atom stereocenters. The van der Waals surface area contributed by atoms with E-state index in [1.807, 2.05) is 17.0 Å². The van der Waals surface area contributed by atoms with Crippen molar-refractivity contribution in [3.63, 3.8) is 0 Å². The Morgan fingerprint density at radius 3 is 2.52 bits per heavy atom. The van der Waals surface area contributed by atoms with Crippen LogP contribution in [0.15, 0.2) is 24.3 Å². The van der Waals surface area contributed by atoms with Gasteiger partial charge in [-0.3, -0.25) is 9.69 Å². The molecular weight excluding hydrogens is 286 g/mol. The van der Waals surface area contributed by atoms with Crippen molar-refractivity contribution >= 4 is 5.91 Å². The molecule has 4 nitrogen and oxygen atoms in total. The molecule has 4 heteroatoms. The molecule has 0 aromatic heterocycles. The Bertz CT molecular complexity index is 514. The van der Waals surface area contributed by atoms with Crippen molar-refractivity contribution in [2.24, 2.45) is 11.1 Å². The van der Waals surface area contributed by atoms with Crippen LogP contribution >= 0.6 is 0 Å². The highest BCUT2D eigenvalue weighted by Gasteiger charge is 2.35. The normalized spacial score (nSPS) is 21.2. The Hall–Kier alpha value is -1.39. The fourth-order valence-electron chi connectivity index (χ4n) is 3.22. The van der Waals surface area contributed by atoms with E-state index in [0.29, 0.717) is 6.54 Å². The zero-order chi connectivity index (χ0) is 16.9. The van der Waals surface area contributed by atoms with Crippen molar-refractivity contribution in [1.29, 1.82) is 0 Å². The van der Waals surface area contributed by atoms with Crippen molar-refractivity contribution in [2.45, 2.75) is 40.2 Å². The van der Waals surface area contributed by atoms with Gasteiger partial charge >= 0.3 is 0 Å². The molecule has 1 fully saturated rings. The number of rotatable bonds is 7. The van der Waals surface area contributed by atoms with E-state index in [4.69, 9.17) is 5.73 Å². The number of nitrogens with two attached hydrogens (primary N) is 1. The number of likely N-dealkylation sites (tertiary alicyclic amines) is 1. The van der Waals surface area contributed by atoms with Gasteiger partial charge in [-0.25, -0.2) is 0 Å². The molecule has 1 aliphatic rings. The molecule has 0 spiro atoms. The average Bonchev–Trinajstić information content (AvgIpc) is 2.97. The van der Waals surface area contributed by atoms with Crippen molar-refractivity contribution in [3.05, 3.63) is 35.4 Å². The summed E-state index contributed by atoms with van der Waals surface area (Å²) in [7, 11) is 0. The second-order valence-corrected chi connectivity index (χ2v) is 7.06. The summed E-state index contributed by atoms with van der Waals surface area (Å²) in [6.07, 6.45) is 2.16. The van der Waals surface area contributed by atoms with E-state index in [-0.39, 0.29) is 11.3 Å². The molecule has 23 heavy (non-hydrogen) atoms. The summed E-state index contributed by atoms with van der Waals surface area (Å²) in [5.41, 5.74) is 7.97. The van der Waals surface area contributed by atoms with Crippen molar-refractivity contribution in [1.82, 2.24) is 9.80 Å². The highest BCUT2D eigenvalue weighted by Crippen LogP contribution is 2.29. The van der Waals surface area contributed by atoms with Crippen LogP contribution in [0.1, 0.15) is 49.5 Å². The first-order valence-electron chi connectivity index (χ1n) is 8.82. The summed E-state index contributed by atoms with van der Waals surface area (Å²) < 4.78 is 0.